The molecule has 3 heterocycles. The predicted octanol–water partition coefficient (Wildman–Crippen LogP) is 4.10. The van der Waals surface area contributed by atoms with Crippen molar-refractivity contribution in [2.45, 2.75) is 56.6 Å². The van der Waals surface area contributed by atoms with Crippen LogP contribution < -0.4 is 10.1 Å². The van der Waals surface area contributed by atoms with Gasteiger partial charge in [-0.2, -0.15) is 0 Å². The summed E-state index contributed by atoms with van der Waals surface area (Å²) in [6, 6.07) is 12.3. The fourth-order valence-electron chi connectivity index (χ4n) is 4.85. The van der Waals surface area contributed by atoms with Gasteiger partial charge in [-0.25, -0.2) is 0 Å². The molecule has 2 fully saturated rings. The van der Waals surface area contributed by atoms with E-state index in [0.29, 0.717) is 12.3 Å². The number of para-hydroxylation sites is 1. The fraction of sp³-hybridized carbons (Fsp3) is 0.542. The zero-order valence-electron chi connectivity index (χ0n) is 16.9. The third-order valence-corrected chi connectivity index (χ3v) is 6.75. The lowest BCUT2D eigenvalue weighted by Gasteiger charge is -2.46. The first-order valence-corrected chi connectivity index (χ1v) is 11.0. The summed E-state index contributed by atoms with van der Waals surface area (Å²) in [5.74, 6) is 3.12. The molecule has 154 valence electrons. The molecule has 5 nitrogen and oxygen atoms in total. The van der Waals surface area contributed by atoms with Gasteiger partial charge in [0.1, 0.15) is 17.1 Å². The van der Waals surface area contributed by atoms with E-state index in [4.69, 9.17) is 9.15 Å². The van der Waals surface area contributed by atoms with Gasteiger partial charge in [0.25, 0.3) is 0 Å². The molecule has 1 aromatic carbocycles. The van der Waals surface area contributed by atoms with Crippen molar-refractivity contribution in [2.24, 2.45) is 5.92 Å². The lowest BCUT2D eigenvalue weighted by atomic mass is 9.76. The number of benzene rings is 1. The summed E-state index contributed by atoms with van der Waals surface area (Å²) in [7, 11) is 0. The number of fused-ring (bicyclic) bond motifs is 1. The van der Waals surface area contributed by atoms with Gasteiger partial charge in [-0.1, -0.05) is 18.2 Å². The summed E-state index contributed by atoms with van der Waals surface area (Å²) in [6.07, 6.45) is 7.72. The Morgan fingerprint density at radius 3 is 2.72 bits per heavy atom. The normalized spacial score (nSPS) is 23.4. The standard InChI is InChI=1S/C24H30N2O3/c27-23(25-16-18-7-8-18)14-19-15-24(29-22-6-2-1-5-21(19)22)9-11-26(12-10-24)17-20-4-3-13-28-20/h1-6,13,18-19H,7-12,14-17H2,(H,25,27)/t19-/m1/s1. The zero-order valence-corrected chi connectivity index (χ0v) is 16.9. The van der Waals surface area contributed by atoms with E-state index >= 15 is 0 Å². The van der Waals surface area contributed by atoms with Crippen molar-refractivity contribution in [3.8, 4) is 5.75 Å². The van der Waals surface area contributed by atoms with Gasteiger partial charge >= 0.3 is 0 Å². The number of furan rings is 1. The molecule has 5 heteroatoms. The van der Waals surface area contributed by atoms with Crippen molar-refractivity contribution in [1.82, 2.24) is 10.2 Å². The van der Waals surface area contributed by atoms with Crippen LogP contribution in [0.1, 0.15) is 55.8 Å². The number of carbonyl (C=O) groups excluding carboxylic acids is 1. The van der Waals surface area contributed by atoms with Crippen LogP contribution in [-0.4, -0.2) is 36.0 Å². The molecule has 1 atom stereocenters. The van der Waals surface area contributed by atoms with Gasteiger partial charge in [-0.3, -0.25) is 9.69 Å². The molecule has 0 radical (unpaired) electrons. The first-order valence-electron chi connectivity index (χ1n) is 11.0. The van der Waals surface area contributed by atoms with Crippen LogP contribution in [0.3, 0.4) is 0 Å². The second-order valence-electron chi connectivity index (χ2n) is 9.03. The molecule has 1 spiro atoms. The Hall–Kier alpha value is -2.27. The van der Waals surface area contributed by atoms with E-state index in [9.17, 15) is 4.79 Å². The van der Waals surface area contributed by atoms with Crippen molar-refractivity contribution in [3.63, 3.8) is 0 Å². The van der Waals surface area contributed by atoms with Crippen molar-refractivity contribution in [2.75, 3.05) is 19.6 Å². The zero-order chi connectivity index (χ0) is 19.7. The highest BCUT2D eigenvalue weighted by Crippen LogP contribution is 2.46. The van der Waals surface area contributed by atoms with Crippen molar-refractivity contribution < 1.29 is 13.9 Å². The molecular formula is C24H30N2O3. The number of likely N-dealkylation sites (tertiary alicyclic amines) is 1. The van der Waals surface area contributed by atoms with Crippen molar-refractivity contribution in [3.05, 3.63) is 54.0 Å². The highest BCUT2D eigenvalue weighted by atomic mass is 16.5. The molecular weight excluding hydrogens is 364 g/mol. The van der Waals surface area contributed by atoms with E-state index in [-0.39, 0.29) is 17.4 Å². The third-order valence-electron chi connectivity index (χ3n) is 6.75. The van der Waals surface area contributed by atoms with Crippen LogP contribution in [-0.2, 0) is 11.3 Å². The summed E-state index contributed by atoms with van der Waals surface area (Å²) < 4.78 is 12.1. The summed E-state index contributed by atoms with van der Waals surface area (Å²) in [5, 5.41) is 3.15. The average Bonchev–Trinajstić information content (AvgIpc) is 3.43. The maximum atomic E-state index is 12.6. The van der Waals surface area contributed by atoms with Crippen molar-refractivity contribution >= 4 is 5.91 Å². The predicted molar refractivity (Wildman–Crippen MR) is 111 cm³/mol. The Morgan fingerprint density at radius 1 is 1.14 bits per heavy atom. The lowest BCUT2D eigenvalue weighted by Crippen LogP contribution is -2.50. The van der Waals surface area contributed by atoms with Gasteiger partial charge in [-0.05, 0) is 61.8 Å². The molecule has 5 rings (SSSR count). The van der Waals surface area contributed by atoms with Crippen LogP contribution in [0.15, 0.2) is 47.1 Å². The Morgan fingerprint density at radius 2 is 1.97 bits per heavy atom. The largest absolute Gasteiger partial charge is 0.487 e. The van der Waals surface area contributed by atoms with E-state index in [0.717, 1.165) is 57.0 Å². The van der Waals surface area contributed by atoms with Crippen LogP contribution in [0.4, 0.5) is 0 Å². The fourth-order valence-corrected chi connectivity index (χ4v) is 4.85. The number of amides is 1. The summed E-state index contributed by atoms with van der Waals surface area (Å²) in [5.41, 5.74) is 1.04. The molecule has 1 amide bonds. The van der Waals surface area contributed by atoms with Crippen LogP contribution in [0.5, 0.6) is 5.75 Å². The van der Waals surface area contributed by atoms with Gasteiger partial charge < -0.3 is 14.5 Å². The monoisotopic (exact) mass is 394 g/mol. The highest BCUT2D eigenvalue weighted by Gasteiger charge is 2.43. The molecule has 3 aliphatic rings. The molecule has 1 saturated heterocycles. The van der Waals surface area contributed by atoms with Gasteiger partial charge in [0, 0.05) is 32.0 Å². The first kappa shape index (κ1) is 18.7. The van der Waals surface area contributed by atoms with Crippen LogP contribution in [0.2, 0.25) is 0 Å². The number of ether oxygens (including phenoxy) is 1. The number of hydrogen-bond acceptors (Lipinski definition) is 4. The summed E-state index contributed by atoms with van der Waals surface area (Å²) in [4.78, 5) is 15.0. The van der Waals surface area contributed by atoms with Crippen LogP contribution in [0, 0.1) is 5.92 Å². The highest BCUT2D eigenvalue weighted by molar-refractivity contribution is 5.77. The number of rotatable bonds is 6. The number of hydrogen-bond donors (Lipinski definition) is 1. The van der Waals surface area contributed by atoms with E-state index in [1.807, 2.05) is 18.2 Å². The molecule has 0 bridgehead atoms. The Labute approximate surface area is 172 Å². The minimum Gasteiger partial charge on any atom is -0.487 e. The molecule has 2 aromatic rings. The minimum absolute atomic E-state index is 0.157. The molecule has 2 aliphatic heterocycles. The first-order chi connectivity index (χ1) is 14.2. The Balaban J connectivity index is 1.26. The topological polar surface area (TPSA) is 54.7 Å². The molecule has 1 aliphatic carbocycles. The van der Waals surface area contributed by atoms with Gasteiger partial charge in [0.15, 0.2) is 0 Å². The second-order valence-corrected chi connectivity index (χ2v) is 9.03. The molecule has 1 aromatic heterocycles. The average molecular weight is 395 g/mol. The number of nitrogens with one attached hydrogen (secondary N) is 1. The number of carbonyl (C=O) groups is 1. The lowest BCUT2D eigenvalue weighted by molar-refractivity contribution is -0.122. The maximum absolute atomic E-state index is 12.6. The maximum Gasteiger partial charge on any atom is 0.220 e. The van der Waals surface area contributed by atoms with E-state index in [1.54, 1.807) is 6.26 Å². The number of piperidine rings is 1. The smallest absolute Gasteiger partial charge is 0.220 e. The minimum atomic E-state index is -0.157. The quantitative estimate of drug-likeness (QED) is 0.802. The van der Waals surface area contributed by atoms with E-state index in [2.05, 4.69) is 28.4 Å². The third kappa shape index (κ3) is 4.35. The molecule has 29 heavy (non-hydrogen) atoms. The summed E-state index contributed by atoms with van der Waals surface area (Å²) in [6.45, 7) is 3.68. The Kier molecular flexibility index (Phi) is 5.08. The summed E-state index contributed by atoms with van der Waals surface area (Å²) >= 11 is 0. The SMILES string of the molecule is O=C(C[C@@H]1CC2(CCN(Cc3ccco3)CC2)Oc2ccccc21)NCC1CC1. The molecule has 1 N–H and O–H groups in total. The number of nitrogens with zero attached hydrogens (tertiary/aromatic N) is 1. The second kappa shape index (κ2) is 7.86. The van der Waals surface area contributed by atoms with Gasteiger partial charge in [0.05, 0.1) is 12.8 Å². The van der Waals surface area contributed by atoms with Crippen LogP contribution in [0.25, 0.3) is 0 Å². The molecule has 1 saturated carbocycles. The Bertz CT molecular complexity index is 836. The van der Waals surface area contributed by atoms with E-state index in [1.165, 1.54) is 18.4 Å². The van der Waals surface area contributed by atoms with E-state index < -0.39 is 0 Å². The van der Waals surface area contributed by atoms with Crippen molar-refractivity contribution in [1.29, 1.82) is 0 Å². The van der Waals surface area contributed by atoms with Crippen LogP contribution >= 0.6 is 0 Å². The van der Waals surface area contributed by atoms with Gasteiger partial charge in [-0.15, -0.1) is 0 Å². The molecule has 0 unspecified atom stereocenters. The van der Waals surface area contributed by atoms with Gasteiger partial charge in [0.2, 0.25) is 5.91 Å².